The topological polar surface area (TPSA) is 94.1 Å². The van der Waals surface area contributed by atoms with E-state index in [-0.39, 0.29) is 6.61 Å². The molecule has 0 spiro atoms. The van der Waals surface area contributed by atoms with Gasteiger partial charge in [-0.25, -0.2) is 4.79 Å². The molecular formula is C20H21NO6. The molecule has 1 aliphatic rings. The molecule has 1 unspecified atom stereocenters. The van der Waals surface area contributed by atoms with Crippen molar-refractivity contribution in [1.29, 1.82) is 0 Å². The monoisotopic (exact) mass is 371 g/mol. The summed E-state index contributed by atoms with van der Waals surface area (Å²) >= 11 is 0. The van der Waals surface area contributed by atoms with E-state index < -0.39 is 17.9 Å². The van der Waals surface area contributed by atoms with E-state index >= 15 is 0 Å². The van der Waals surface area contributed by atoms with Gasteiger partial charge in [-0.05, 0) is 54.4 Å². The Balaban J connectivity index is 1.59. The fourth-order valence-corrected chi connectivity index (χ4v) is 2.82. The lowest BCUT2D eigenvalue weighted by Crippen LogP contribution is -2.36. The number of carbonyl (C=O) groups is 2. The quantitative estimate of drug-likeness (QED) is 0.740. The maximum atomic E-state index is 12.2. The molecule has 0 saturated carbocycles. The molecule has 0 saturated heterocycles. The Morgan fingerprint density at radius 3 is 2.52 bits per heavy atom. The Kier molecular flexibility index (Phi) is 5.80. The van der Waals surface area contributed by atoms with Crippen molar-refractivity contribution in [2.45, 2.75) is 19.4 Å². The number of hydrogen-bond acceptors (Lipinski definition) is 5. The SMILES string of the molecule is CCOc1ccc(OCC(=O)NC(C(=O)O)c2ccc3c(c2)CCO3)cc1. The van der Waals surface area contributed by atoms with E-state index in [9.17, 15) is 14.7 Å². The zero-order chi connectivity index (χ0) is 19.2. The van der Waals surface area contributed by atoms with E-state index in [0.717, 1.165) is 17.7 Å². The molecule has 0 radical (unpaired) electrons. The zero-order valence-electron chi connectivity index (χ0n) is 14.9. The Hall–Kier alpha value is -3.22. The third-order valence-electron chi connectivity index (χ3n) is 4.10. The van der Waals surface area contributed by atoms with Crippen LogP contribution >= 0.6 is 0 Å². The van der Waals surface area contributed by atoms with Crippen molar-refractivity contribution in [3.05, 3.63) is 53.6 Å². The first kappa shape index (κ1) is 18.6. The van der Waals surface area contributed by atoms with Crippen LogP contribution in [0.5, 0.6) is 17.2 Å². The molecule has 7 heteroatoms. The van der Waals surface area contributed by atoms with Crippen LogP contribution in [0.25, 0.3) is 0 Å². The van der Waals surface area contributed by atoms with Crippen LogP contribution in [0, 0.1) is 0 Å². The van der Waals surface area contributed by atoms with Gasteiger partial charge in [-0.15, -0.1) is 0 Å². The van der Waals surface area contributed by atoms with Gasteiger partial charge in [0, 0.05) is 6.42 Å². The van der Waals surface area contributed by atoms with Crippen LogP contribution in [0.4, 0.5) is 0 Å². The van der Waals surface area contributed by atoms with Crippen LogP contribution in [0.15, 0.2) is 42.5 Å². The standard InChI is InChI=1S/C20H21NO6/c1-2-25-15-4-6-16(7-5-15)27-12-18(22)21-19(20(23)24)14-3-8-17-13(11-14)9-10-26-17/h3-8,11,19H,2,9-10,12H2,1H3,(H,21,22)(H,23,24). The molecule has 1 atom stereocenters. The second kappa shape index (κ2) is 8.44. The molecule has 1 aliphatic heterocycles. The van der Waals surface area contributed by atoms with Gasteiger partial charge in [-0.2, -0.15) is 0 Å². The van der Waals surface area contributed by atoms with E-state index in [1.807, 2.05) is 6.92 Å². The molecule has 2 aromatic carbocycles. The van der Waals surface area contributed by atoms with Crippen molar-refractivity contribution in [2.24, 2.45) is 0 Å². The molecule has 142 valence electrons. The number of nitrogens with one attached hydrogen (secondary N) is 1. The van der Waals surface area contributed by atoms with Crippen molar-refractivity contribution in [2.75, 3.05) is 19.8 Å². The predicted molar refractivity (Wildman–Crippen MR) is 97.3 cm³/mol. The van der Waals surface area contributed by atoms with Crippen LogP contribution in [-0.4, -0.2) is 36.8 Å². The third kappa shape index (κ3) is 4.69. The molecule has 3 rings (SSSR count). The number of amides is 1. The lowest BCUT2D eigenvalue weighted by molar-refractivity contribution is -0.142. The number of carboxylic acids is 1. The highest BCUT2D eigenvalue weighted by atomic mass is 16.5. The van der Waals surface area contributed by atoms with Gasteiger partial charge in [0.25, 0.3) is 5.91 Å². The minimum atomic E-state index is -1.15. The Morgan fingerprint density at radius 2 is 1.85 bits per heavy atom. The van der Waals surface area contributed by atoms with Crippen molar-refractivity contribution < 1.29 is 28.9 Å². The summed E-state index contributed by atoms with van der Waals surface area (Å²) < 4.78 is 16.2. The van der Waals surface area contributed by atoms with Gasteiger partial charge < -0.3 is 24.6 Å². The van der Waals surface area contributed by atoms with Crippen molar-refractivity contribution in [1.82, 2.24) is 5.32 Å². The highest BCUT2D eigenvalue weighted by Crippen LogP contribution is 2.28. The van der Waals surface area contributed by atoms with Gasteiger partial charge in [0.2, 0.25) is 0 Å². The third-order valence-corrected chi connectivity index (χ3v) is 4.10. The van der Waals surface area contributed by atoms with Crippen molar-refractivity contribution in [3.63, 3.8) is 0 Å². The Bertz CT molecular complexity index is 818. The highest BCUT2D eigenvalue weighted by molar-refractivity contribution is 5.85. The Morgan fingerprint density at radius 1 is 1.15 bits per heavy atom. The van der Waals surface area contributed by atoms with Gasteiger partial charge in [0.1, 0.15) is 17.2 Å². The summed E-state index contributed by atoms with van der Waals surface area (Å²) in [6.45, 7) is 2.75. The Labute approximate surface area is 156 Å². The average Bonchev–Trinajstić information content (AvgIpc) is 3.13. The summed E-state index contributed by atoms with van der Waals surface area (Å²) in [4.78, 5) is 23.8. The second-order valence-corrected chi connectivity index (χ2v) is 6.00. The van der Waals surface area contributed by atoms with Gasteiger partial charge in [0.15, 0.2) is 12.6 Å². The van der Waals surface area contributed by atoms with Crippen LogP contribution in [-0.2, 0) is 16.0 Å². The van der Waals surface area contributed by atoms with E-state index in [4.69, 9.17) is 14.2 Å². The molecule has 27 heavy (non-hydrogen) atoms. The largest absolute Gasteiger partial charge is 0.494 e. The maximum Gasteiger partial charge on any atom is 0.330 e. The minimum Gasteiger partial charge on any atom is -0.494 e. The van der Waals surface area contributed by atoms with E-state index in [1.165, 1.54) is 0 Å². The van der Waals surface area contributed by atoms with Crippen LogP contribution in [0.1, 0.15) is 24.1 Å². The first-order chi connectivity index (χ1) is 13.1. The maximum absolute atomic E-state index is 12.2. The smallest absolute Gasteiger partial charge is 0.330 e. The first-order valence-electron chi connectivity index (χ1n) is 8.70. The number of benzene rings is 2. The van der Waals surface area contributed by atoms with Gasteiger partial charge >= 0.3 is 5.97 Å². The molecular weight excluding hydrogens is 350 g/mol. The molecule has 0 fully saturated rings. The molecule has 0 aliphatic carbocycles. The van der Waals surface area contributed by atoms with Crippen LogP contribution < -0.4 is 19.5 Å². The van der Waals surface area contributed by atoms with Crippen molar-refractivity contribution in [3.8, 4) is 17.2 Å². The number of fused-ring (bicyclic) bond motifs is 1. The number of aliphatic carboxylic acids is 1. The minimum absolute atomic E-state index is 0.286. The summed E-state index contributed by atoms with van der Waals surface area (Å²) in [5, 5.41) is 12.0. The normalized spacial score (nSPS) is 13.2. The molecule has 1 amide bonds. The number of carbonyl (C=O) groups excluding carboxylic acids is 1. The highest BCUT2D eigenvalue weighted by Gasteiger charge is 2.24. The number of ether oxygens (including phenoxy) is 3. The van der Waals surface area contributed by atoms with Crippen LogP contribution in [0.3, 0.4) is 0 Å². The molecule has 0 aromatic heterocycles. The lowest BCUT2D eigenvalue weighted by Gasteiger charge is -2.16. The lowest BCUT2D eigenvalue weighted by atomic mass is 10.0. The molecule has 0 bridgehead atoms. The number of hydrogen-bond donors (Lipinski definition) is 2. The average molecular weight is 371 g/mol. The van der Waals surface area contributed by atoms with E-state index in [2.05, 4.69) is 5.32 Å². The summed E-state index contributed by atoms with van der Waals surface area (Å²) in [5.74, 6) is 0.306. The molecule has 2 aromatic rings. The molecule has 2 N–H and O–H groups in total. The molecule has 7 nitrogen and oxygen atoms in total. The second-order valence-electron chi connectivity index (χ2n) is 6.00. The fourth-order valence-electron chi connectivity index (χ4n) is 2.82. The van der Waals surface area contributed by atoms with Gasteiger partial charge in [0.05, 0.1) is 13.2 Å². The van der Waals surface area contributed by atoms with Gasteiger partial charge in [-0.3, -0.25) is 4.79 Å². The molecule has 1 heterocycles. The van der Waals surface area contributed by atoms with Crippen LogP contribution in [0.2, 0.25) is 0 Å². The fraction of sp³-hybridized carbons (Fsp3) is 0.300. The van der Waals surface area contributed by atoms with E-state index in [1.54, 1.807) is 42.5 Å². The predicted octanol–water partition coefficient (Wildman–Crippen LogP) is 2.34. The zero-order valence-corrected chi connectivity index (χ0v) is 14.9. The first-order valence-corrected chi connectivity index (χ1v) is 8.70. The van der Waals surface area contributed by atoms with Crippen molar-refractivity contribution >= 4 is 11.9 Å². The number of carboxylic acid groups (broad SMARTS) is 1. The number of rotatable bonds is 8. The van der Waals surface area contributed by atoms with E-state index in [0.29, 0.717) is 30.3 Å². The summed E-state index contributed by atoms with van der Waals surface area (Å²) in [6.07, 6.45) is 0.726. The summed E-state index contributed by atoms with van der Waals surface area (Å²) in [5.41, 5.74) is 1.44. The van der Waals surface area contributed by atoms with Gasteiger partial charge in [-0.1, -0.05) is 6.07 Å². The summed E-state index contributed by atoms with van der Waals surface area (Å²) in [7, 11) is 0. The summed E-state index contributed by atoms with van der Waals surface area (Å²) in [6, 6.07) is 10.8.